The van der Waals surface area contributed by atoms with Crippen LogP contribution in [0.3, 0.4) is 0 Å². The van der Waals surface area contributed by atoms with Crippen molar-refractivity contribution in [3.05, 3.63) is 36.2 Å². The summed E-state index contributed by atoms with van der Waals surface area (Å²) in [5.74, 6) is -0.450. The zero-order valence-corrected chi connectivity index (χ0v) is 8.49. The molecular weight excluding hydrogens is 210 g/mol. The molecule has 0 saturated heterocycles. The first-order chi connectivity index (χ1) is 7.20. The molecule has 0 bridgehead atoms. The van der Waals surface area contributed by atoms with Gasteiger partial charge in [-0.25, -0.2) is 0 Å². The van der Waals surface area contributed by atoms with E-state index < -0.39 is 5.78 Å². The average Bonchev–Trinajstić information content (AvgIpc) is 2.27. The van der Waals surface area contributed by atoms with Gasteiger partial charge >= 0.3 is 0 Å². The molecule has 0 atom stereocenters. The lowest BCUT2D eigenvalue weighted by molar-refractivity contribution is 0.106. The molecule has 0 saturated carbocycles. The molecule has 5 heteroatoms. The minimum absolute atomic E-state index is 0.194. The molecule has 1 heterocycles. The third-order valence-corrected chi connectivity index (χ3v) is 2.19. The van der Waals surface area contributed by atoms with E-state index in [0.717, 1.165) is 5.39 Å². The van der Waals surface area contributed by atoms with Crippen LogP contribution in [0.4, 0.5) is 0 Å². The van der Waals surface area contributed by atoms with E-state index in [1.54, 1.807) is 12.3 Å². The average molecular weight is 217 g/mol. The number of nitrogens with zero attached hydrogens (tertiary/aromatic N) is 2. The molecule has 0 radical (unpaired) electrons. The van der Waals surface area contributed by atoms with Crippen molar-refractivity contribution in [2.45, 2.75) is 0 Å². The maximum absolute atomic E-state index is 11.6. The van der Waals surface area contributed by atoms with E-state index in [1.807, 2.05) is 18.2 Å². The highest BCUT2D eigenvalue weighted by Crippen LogP contribution is 2.15. The first kappa shape index (κ1) is 9.67. The predicted molar refractivity (Wildman–Crippen MR) is 60.7 cm³/mol. The van der Waals surface area contributed by atoms with E-state index >= 15 is 0 Å². The van der Waals surface area contributed by atoms with Crippen molar-refractivity contribution >= 4 is 33.8 Å². The van der Waals surface area contributed by atoms with Crippen molar-refractivity contribution in [3.8, 4) is 0 Å². The molecule has 2 rings (SSSR count). The Morgan fingerprint density at radius 3 is 2.80 bits per heavy atom. The molecule has 0 aliphatic carbocycles. The predicted octanol–water partition coefficient (Wildman–Crippen LogP) is 1.10. The standard InChI is InChI=1S/C10H7N3OS/c11-10(15)9(14)8-7-4-2-1-3-6(7)5-12-13-8/h1-5H,(H2,11,15). The molecule has 15 heavy (non-hydrogen) atoms. The summed E-state index contributed by atoms with van der Waals surface area (Å²) >= 11 is 4.62. The second kappa shape index (κ2) is 3.70. The Kier molecular flexibility index (Phi) is 2.39. The van der Waals surface area contributed by atoms with E-state index in [4.69, 9.17) is 5.73 Å². The minimum atomic E-state index is -0.450. The largest absolute Gasteiger partial charge is 0.387 e. The van der Waals surface area contributed by atoms with Crippen molar-refractivity contribution in [2.75, 3.05) is 0 Å². The highest BCUT2D eigenvalue weighted by atomic mass is 32.1. The van der Waals surface area contributed by atoms with Gasteiger partial charge in [0.15, 0.2) is 0 Å². The Morgan fingerprint density at radius 2 is 2.07 bits per heavy atom. The van der Waals surface area contributed by atoms with Crippen molar-refractivity contribution in [3.63, 3.8) is 0 Å². The van der Waals surface area contributed by atoms with Crippen molar-refractivity contribution in [1.29, 1.82) is 0 Å². The van der Waals surface area contributed by atoms with Gasteiger partial charge in [0.25, 0.3) is 0 Å². The van der Waals surface area contributed by atoms with Gasteiger partial charge in [-0.2, -0.15) is 5.10 Å². The van der Waals surface area contributed by atoms with Crippen LogP contribution in [0.15, 0.2) is 30.5 Å². The minimum Gasteiger partial charge on any atom is -0.387 e. The molecule has 0 aliphatic rings. The number of nitrogens with two attached hydrogens (primary N) is 1. The highest BCUT2D eigenvalue weighted by molar-refractivity contribution is 7.82. The van der Waals surface area contributed by atoms with Gasteiger partial charge in [-0.05, 0) is 0 Å². The number of thiocarbonyl (C=S) groups is 1. The zero-order valence-electron chi connectivity index (χ0n) is 7.68. The molecule has 0 amide bonds. The third-order valence-electron chi connectivity index (χ3n) is 2.01. The second-order valence-electron chi connectivity index (χ2n) is 2.97. The molecule has 0 fully saturated rings. The number of rotatable bonds is 2. The summed E-state index contributed by atoms with van der Waals surface area (Å²) in [6.07, 6.45) is 1.59. The summed E-state index contributed by atoms with van der Waals surface area (Å²) in [6.45, 7) is 0. The van der Waals surface area contributed by atoms with Crippen LogP contribution in [0.2, 0.25) is 0 Å². The number of carbonyl (C=O) groups excluding carboxylic acids is 1. The normalized spacial score (nSPS) is 10.1. The number of carbonyl (C=O) groups is 1. The molecular formula is C10H7N3OS. The van der Waals surface area contributed by atoms with E-state index in [2.05, 4.69) is 22.4 Å². The van der Waals surface area contributed by atoms with Gasteiger partial charge in [-0.1, -0.05) is 36.5 Å². The summed E-state index contributed by atoms with van der Waals surface area (Å²) in [6, 6.07) is 7.31. The van der Waals surface area contributed by atoms with Crippen molar-refractivity contribution in [2.24, 2.45) is 5.73 Å². The lowest BCUT2D eigenvalue weighted by atomic mass is 10.1. The van der Waals surface area contributed by atoms with E-state index in [-0.39, 0.29) is 10.7 Å². The van der Waals surface area contributed by atoms with Gasteiger partial charge in [0, 0.05) is 10.8 Å². The molecule has 2 aromatic rings. The summed E-state index contributed by atoms with van der Waals surface area (Å²) in [5.41, 5.74) is 5.48. The molecule has 0 spiro atoms. The number of benzene rings is 1. The van der Waals surface area contributed by atoms with Crippen molar-refractivity contribution in [1.82, 2.24) is 10.2 Å². The first-order valence-electron chi connectivity index (χ1n) is 4.24. The first-order valence-corrected chi connectivity index (χ1v) is 4.65. The Morgan fingerprint density at radius 1 is 1.33 bits per heavy atom. The SMILES string of the molecule is NC(=S)C(=O)c1nncc2ccccc12. The fourth-order valence-corrected chi connectivity index (χ4v) is 1.41. The topological polar surface area (TPSA) is 68.9 Å². The monoisotopic (exact) mass is 217 g/mol. The van der Waals surface area contributed by atoms with E-state index in [0.29, 0.717) is 5.39 Å². The lowest BCUT2D eigenvalue weighted by Crippen LogP contribution is -2.22. The number of Topliss-reactive ketones (excluding diaryl/α,β-unsaturated/α-hetero) is 1. The molecule has 1 aromatic heterocycles. The van der Waals surface area contributed by atoms with Crippen LogP contribution in [-0.2, 0) is 0 Å². The summed E-state index contributed by atoms with van der Waals surface area (Å²) in [7, 11) is 0. The number of hydrogen-bond acceptors (Lipinski definition) is 4. The third kappa shape index (κ3) is 1.69. The van der Waals surface area contributed by atoms with Gasteiger partial charge in [0.1, 0.15) is 10.7 Å². The Balaban J connectivity index is 2.71. The zero-order chi connectivity index (χ0) is 10.8. The molecule has 74 valence electrons. The van der Waals surface area contributed by atoms with E-state index in [9.17, 15) is 4.79 Å². The maximum atomic E-state index is 11.6. The number of fused-ring (bicyclic) bond motifs is 1. The smallest absolute Gasteiger partial charge is 0.240 e. The van der Waals surface area contributed by atoms with Gasteiger partial charge < -0.3 is 5.73 Å². The summed E-state index contributed by atoms with van der Waals surface area (Å²) in [4.78, 5) is 11.4. The van der Waals surface area contributed by atoms with Gasteiger partial charge in [0.05, 0.1) is 6.20 Å². The fraction of sp³-hybridized carbons (Fsp3) is 0. The number of hydrogen-bond donors (Lipinski definition) is 1. The van der Waals surface area contributed by atoms with Crippen LogP contribution in [0.25, 0.3) is 10.8 Å². The quantitative estimate of drug-likeness (QED) is 0.602. The molecule has 1 aromatic carbocycles. The van der Waals surface area contributed by atoms with E-state index in [1.165, 1.54) is 0 Å². The molecule has 4 nitrogen and oxygen atoms in total. The number of aromatic nitrogens is 2. The highest BCUT2D eigenvalue weighted by Gasteiger charge is 2.14. The Hall–Kier alpha value is -1.88. The fourth-order valence-electron chi connectivity index (χ4n) is 1.31. The number of ketones is 1. The van der Waals surface area contributed by atoms with Crippen LogP contribution in [-0.4, -0.2) is 21.0 Å². The van der Waals surface area contributed by atoms with Gasteiger partial charge in [-0.15, -0.1) is 5.10 Å². The van der Waals surface area contributed by atoms with Crippen LogP contribution >= 0.6 is 12.2 Å². The molecule has 2 N–H and O–H groups in total. The Labute approximate surface area is 91.1 Å². The van der Waals surface area contributed by atoms with Crippen LogP contribution in [0.1, 0.15) is 10.5 Å². The lowest BCUT2D eigenvalue weighted by Gasteiger charge is -2.01. The summed E-state index contributed by atoms with van der Waals surface area (Å²) < 4.78 is 0. The van der Waals surface area contributed by atoms with Crippen LogP contribution in [0.5, 0.6) is 0 Å². The Bertz CT molecular complexity index is 548. The van der Waals surface area contributed by atoms with Crippen LogP contribution < -0.4 is 5.73 Å². The van der Waals surface area contributed by atoms with Gasteiger partial charge in [-0.3, -0.25) is 4.79 Å². The molecule has 0 aliphatic heterocycles. The summed E-state index contributed by atoms with van der Waals surface area (Å²) in [5, 5.41) is 9.04. The van der Waals surface area contributed by atoms with Crippen molar-refractivity contribution < 1.29 is 4.79 Å². The molecule has 0 unspecified atom stereocenters. The maximum Gasteiger partial charge on any atom is 0.240 e. The second-order valence-corrected chi connectivity index (χ2v) is 3.41. The van der Waals surface area contributed by atoms with Crippen LogP contribution in [0, 0.1) is 0 Å². The van der Waals surface area contributed by atoms with Gasteiger partial charge in [0.2, 0.25) is 5.78 Å².